The zero-order valence-corrected chi connectivity index (χ0v) is 11.3. The van der Waals surface area contributed by atoms with Crippen molar-refractivity contribution >= 4 is 32.8 Å². The van der Waals surface area contributed by atoms with Crippen LogP contribution in [0.2, 0.25) is 0 Å². The molecule has 0 aliphatic carbocycles. The molecule has 0 bridgehead atoms. The van der Waals surface area contributed by atoms with Crippen molar-refractivity contribution in [3.63, 3.8) is 0 Å². The number of aromatic nitrogens is 1. The van der Waals surface area contributed by atoms with E-state index in [-0.39, 0.29) is 10.8 Å². The van der Waals surface area contributed by atoms with Crippen LogP contribution in [0.5, 0.6) is 0 Å². The minimum atomic E-state index is -0.381. The van der Waals surface area contributed by atoms with Gasteiger partial charge >= 0.3 is 5.97 Å². The molecule has 2 rings (SSSR count). The SMILES string of the molecule is COC(=O)C(Br)Cn1ccc2cc(C#N)ccc21. The standard InChI is InChI=1S/C13H11BrN2O2/c1-18-13(17)11(14)8-16-5-4-10-6-9(7-15)2-3-12(10)16/h2-6,11H,8H2,1H3. The number of nitrogens with zero attached hydrogens (tertiary/aromatic N) is 2. The maximum absolute atomic E-state index is 11.3. The molecular formula is C13H11BrN2O2. The molecule has 2 aromatic rings. The Hall–Kier alpha value is -1.80. The first kappa shape index (κ1) is 12.7. The van der Waals surface area contributed by atoms with Crippen LogP contribution in [-0.2, 0) is 16.1 Å². The fraction of sp³-hybridized carbons (Fsp3) is 0.231. The van der Waals surface area contributed by atoms with Gasteiger partial charge in [-0.2, -0.15) is 5.26 Å². The van der Waals surface area contributed by atoms with E-state index in [1.165, 1.54) is 7.11 Å². The molecule has 4 nitrogen and oxygen atoms in total. The Labute approximate surface area is 113 Å². The summed E-state index contributed by atoms with van der Waals surface area (Å²) in [5.74, 6) is -0.300. The number of carbonyl (C=O) groups is 1. The van der Waals surface area contributed by atoms with Gasteiger partial charge in [-0.3, -0.25) is 4.79 Å². The quantitative estimate of drug-likeness (QED) is 0.646. The fourth-order valence-corrected chi connectivity index (χ4v) is 2.30. The van der Waals surface area contributed by atoms with Crippen molar-refractivity contribution in [1.29, 1.82) is 5.26 Å². The van der Waals surface area contributed by atoms with E-state index in [0.29, 0.717) is 12.1 Å². The molecule has 0 N–H and O–H groups in total. The Kier molecular flexibility index (Phi) is 3.68. The summed E-state index contributed by atoms with van der Waals surface area (Å²) in [6, 6.07) is 9.50. The summed E-state index contributed by atoms with van der Waals surface area (Å²) < 4.78 is 6.62. The zero-order valence-electron chi connectivity index (χ0n) is 9.76. The Morgan fingerprint density at radius 2 is 2.33 bits per heavy atom. The highest BCUT2D eigenvalue weighted by Crippen LogP contribution is 2.19. The van der Waals surface area contributed by atoms with Crippen molar-refractivity contribution in [2.75, 3.05) is 7.11 Å². The highest BCUT2D eigenvalue weighted by Gasteiger charge is 2.16. The molecule has 0 saturated heterocycles. The summed E-state index contributed by atoms with van der Waals surface area (Å²) in [5, 5.41) is 9.81. The lowest BCUT2D eigenvalue weighted by atomic mass is 10.2. The van der Waals surface area contributed by atoms with Crippen LogP contribution in [0, 0.1) is 11.3 Å². The molecule has 18 heavy (non-hydrogen) atoms. The predicted octanol–water partition coefficient (Wildman–Crippen LogP) is 2.45. The van der Waals surface area contributed by atoms with Gasteiger partial charge < -0.3 is 9.30 Å². The normalized spacial score (nSPS) is 12.1. The van der Waals surface area contributed by atoms with E-state index < -0.39 is 0 Å². The van der Waals surface area contributed by atoms with Crippen LogP contribution in [0.4, 0.5) is 0 Å². The number of methoxy groups -OCH3 is 1. The molecule has 1 aromatic heterocycles. The van der Waals surface area contributed by atoms with Crippen molar-refractivity contribution in [2.45, 2.75) is 11.4 Å². The lowest BCUT2D eigenvalue weighted by Crippen LogP contribution is -2.21. The Balaban J connectivity index is 2.30. The Bertz CT molecular complexity index is 627. The van der Waals surface area contributed by atoms with Gasteiger partial charge in [0.25, 0.3) is 0 Å². The van der Waals surface area contributed by atoms with Crippen LogP contribution in [0.1, 0.15) is 5.56 Å². The van der Waals surface area contributed by atoms with Crippen LogP contribution in [0.25, 0.3) is 10.9 Å². The number of hydrogen-bond acceptors (Lipinski definition) is 3. The zero-order chi connectivity index (χ0) is 13.1. The molecule has 0 aliphatic rings. The molecule has 0 spiro atoms. The van der Waals surface area contributed by atoms with Crippen molar-refractivity contribution in [2.24, 2.45) is 0 Å². The average Bonchev–Trinajstić information content (AvgIpc) is 2.80. The first-order valence-electron chi connectivity index (χ1n) is 5.36. The molecule has 1 heterocycles. The second-order valence-corrected chi connectivity index (χ2v) is 4.95. The number of ether oxygens (including phenoxy) is 1. The van der Waals surface area contributed by atoms with Crippen molar-refractivity contribution in [1.82, 2.24) is 4.57 Å². The van der Waals surface area contributed by atoms with E-state index in [4.69, 9.17) is 5.26 Å². The molecule has 0 radical (unpaired) electrons. The molecule has 0 saturated carbocycles. The van der Waals surface area contributed by atoms with E-state index in [1.54, 1.807) is 6.07 Å². The van der Waals surface area contributed by atoms with Gasteiger partial charge in [0.05, 0.1) is 18.7 Å². The molecule has 0 amide bonds. The number of rotatable bonds is 3. The number of alkyl halides is 1. The van der Waals surface area contributed by atoms with Gasteiger partial charge in [0.1, 0.15) is 4.83 Å². The van der Waals surface area contributed by atoms with Gasteiger partial charge in [0.2, 0.25) is 0 Å². The maximum Gasteiger partial charge on any atom is 0.321 e. The van der Waals surface area contributed by atoms with Gasteiger partial charge in [-0.15, -0.1) is 0 Å². The highest BCUT2D eigenvalue weighted by atomic mass is 79.9. The van der Waals surface area contributed by atoms with Gasteiger partial charge in [-0.25, -0.2) is 0 Å². The van der Waals surface area contributed by atoms with Crippen molar-refractivity contribution in [3.8, 4) is 6.07 Å². The van der Waals surface area contributed by atoms with Crippen LogP contribution in [0.3, 0.4) is 0 Å². The molecule has 1 atom stereocenters. The third-order valence-electron chi connectivity index (χ3n) is 2.71. The van der Waals surface area contributed by atoms with Crippen LogP contribution in [0.15, 0.2) is 30.5 Å². The number of esters is 1. The highest BCUT2D eigenvalue weighted by molar-refractivity contribution is 9.10. The topological polar surface area (TPSA) is 55.0 Å². The monoisotopic (exact) mass is 306 g/mol. The van der Waals surface area contributed by atoms with Crippen LogP contribution >= 0.6 is 15.9 Å². The first-order valence-corrected chi connectivity index (χ1v) is 6.28. The van der Waals surface area contributed by atoms with E-state index in [2.05, 4.69) is 26.7 Å². The van der Waals surface area contributed by atoms with Gasteiger partial charge in [0, 0.05) is 23.6 Å². The summed E-state index contributed by atoms with van der Waals surface area (Å²) in [6.07, 6.45) is 1.89. The second-order valence-electron chi connectivity index (χ2n) is 3.84. The lowest BCUT2D eigenvalue weighted by Gasteiger charge is -2.10. The average molecular weight is 307 g/mol. The molecule has 1 aromatic carbocycles. The molecular weight excluding hydrogens is 296 g/mol. The third-order valence-corrected chi connectivity index (χ3v) is 3.38. The molecule has 5 heteroatoms. The smallest absolute Gasteiger partial charge is 0.321 e. The minimum absolute atomic E-state index is 0.300. The minimum Gasteiger partial charge on any atom is -0.468 e. The third kappa shape index (κ3) is 2.39. The molecule has 0 fully saturated rings. The van der Waals surface area contributed by atoms with E-state index in [9.17, 15) is 4.79 Å². The second kappa shape index (κ2) is 5.23. The van der Waals surface area contributed by atoms with E-state index in [0.717, 1.165) is 10.9 Å². The van der Waals surface area contributed by atoms with E-state index >= 15 is 0 Å². The summed E-state index contributed by atoms with van der Waals surface area (Å²) >= 11 is 3.29. The molecule has 1 unspecified atom stereocenters. The number of carbonyl (C=O) groups excluding carboxylic acids is 1. The number of fused-ring (bicyclic) bond motifs is 1. The number of hydrogen-bond donors (Lipinski definition) is 0. The largest absolute Gasteiger partial charge is 0.468 e. The first-order chi connectivity index (χ1) is 8.65. The maximum atomic E-state index is 11.3. The summed E-state index contributed by atoms with van der Waals surface area (Å²) in [6.45, 7) is 0.488. The predicted molar refractivity (Wildman–Crippen MR) is 71.4 cm³/mol. The number of nitriles is 1. The van der Waals surface area contributed by atoms with Crippen LogP contribution < -0.4 is 0 Å². The molecule has 0 aliphatic heterocycles. The van der Waals surface area contributed by atoms with Crippen molar-refractivity contribution in [3.05, 3.63) is 36.0 Å². The Morgan fingerprint density at radius 3 is 3.00 bits per heavy atom. The summed E-state index contributed by atoms with van der Waals surface area (Å²) in [5.41, 5.74) is 1.62. The lowest BCUT2D eigenvalue weighted by molar-refractivity contribution is -0.140. The fourth-order valence-electron chi connectivity index (χ4n) is 1.80. The van der Waals surface area contributed by atoms with Crippen LogP contribution in [-0.4, -0.2) is 22.5 Å². The summed E-state index contributed by atoms with van der Waals surface area (Å²) in [4.78, 5) is 11.0. The van der Waals surface area contributed by atoms with Crippen molar-refractivity contribution < 1.29 is 9.53 Å². The van der Waals surface area contributed by atoms with Gasteiger partial charge in [-0.05, 0) is 24.3 Å². The summed E-state index contributed by atoms with van der Waals surface area (Å²) in [7, 11) is 1.36. The van der Waals surface area contributed by atoms with Gasteiger partial charge in [0.15, 0.2) is 0 Å². The number of halogens is 1. The van der Waals surface area contributed by atoms with Gasteiger partial charge in [-0.1, -0.05) is 15.9 Å². The Morgan fingerprint density at radius 1 is 1.56 bits per heavy atom. The molecule has 92 valence electrons. The number of benzene rings is 1. The van der Waals surface area contributed by atoms with E-state index in [1.807, 2.05) is 29.0 Å².